The molecule has 1 amide bonds. The van der Waals surface area contributed by atoms with Gasteiger partial charge in [-0.15, -0.1) is 0 Å². The number of carbonyl (C=O) groups excluding carboxylic acids is 1. The lowest BCUT2D eigenvalue weighted by Crippen LogP contribution is -2.51. The van der Waals surface area contributed by atoms with Crippen LogP contribution in [0.25, 0.3) is 0 Å². The molecule has 0 radical (unpaired) electrons. The molecule has 35 heavy (non-hydrogen) atoms. The maximum atomic E-state index is 14.6. The Labute approximate surface area is 202 Å². The standard InChI is InChI=1S/C23H31F4N3O4S/c1-35(32,33)28-22(31)19-12-18(16-2-3-16)21(13-20(19)24)34-14-15-4-8-29(9-5-15)30-10-6-17(7-11-30)23(25,26)27/h12-13,15-17H,2-11,14H2,1H3,(H,28,31). The molecule has 3 aliphatic rings. The Kier molecular flexibility index (Phi) is 7.63. The van der Waals surface area contributed by atoms with Gasteiger partial charge in [-0.2, -0.15) is 13.2 Å². The molecule has 196 valence electrons. The van der Waals surface area contributed by atoms with Gasteiger partial charge in [-0.05, 0) is 62.0 Å². The summed E-state index contributed by atoms with van der Waals surface area (Å²) in [5, 5.41) is 4.16. The Balaban J connectivity index is 1.31. The van der Waals surface area contributed by atoms with E-state index < -0.39 is 33.8 Å². The average Bonchev–Trinajstić information content (AvgIpc) is 3.61. The summed E-state index contributed by atoms with van der Waals surface area (Å²) in [6.07, 6.45) is 0.366. The summed E-state index contributed by atoms with van der Waals surface area (Å²) in [4.78, 5) is 12.2. The van der Waals surface area contributed by atoms with Crippen LogP contribution in [0.4, 0.5) is 17.6 Å². The van der Waals surface area contributed by atoms with Crippen molar-refractivity contribution in [3.05, 3.63) is 29.1 Å². The van der Waals surface area contributed by atoms with Gasteiger partial charge in [0.15, 0.2) is 0 Å². The SMILES string of the molecule is CS(=O)(=O)NC(=O)c1cc(C2CC2)c(OCC2CCN(N3CCC(C(F)(F)F)CC3)CC2)cc1F. The second kappa shape index (κ2) is 10.2. The third kappa shape index (κ3) is 6.85. The number of amides is 1. The van der Waals surface area contributed by atoms with Crippen molar-refractivity contribution in [2.45, 2.75) is 50.6 Å². The zero-order valence-electron chi connectivity index (χ0n) is 19.6. The van der Waals surface area contributed by atoms with Crippen LogP contribution in [0.3, 0.4) is 0 Å². The number of rotatable bonds is 7. The van der Waals surface area contributed by atoms with Crippen LogP contribution in [0.15, 0.2) is 12.1 Å². The molecule has 0 unspecified atom stereocenters. The highest BCUT2D eigenvalue weighted by Crippen LogP contribution is 2.45. The highest BCUT2D eigenvalue weighted by Gasteiger charge is 2.42. The van der Waals surface area contributed by atoms with Gasteiger partial charge in [-0.3, -0.25) is 4.79 Å². The van der Waals surface area contributed by atoms with Gasteiger partial charge >= 0.3 is 6.18 Å². The van der Waals surface area contributed by atoms with Crippen molar-refractivity contribution in [1.82, 2.24) is 14.7 Å². The van der Waals surface area contributed by atoms with Crippen LogP contribution in [0.2, 0.25) is 0 Å². The van der Waals surface area contributed by atoms with E-state index in [0.29, 0.717) is 31.0 Å². The third-order valence-corrected chi connectivity index (χ3v) is 7.60. The zero-order valence-corrected chi connectivity index (χ0v) is 20.4. The van der Waals surface area contributed by atoms with Crippen molar-refractivity contribution < 1.29 is 35.5 Å². The van der Waals surface area contributed by atoms with Crippen molar-refractivity contribution in [2.75, 3.05) is 39.0 Å². The molecule has 2 heterocycles. The molecular weight excluding hydrogens is 490 g/mol. The van der Waals surface area contributed by atoms with E-state index in [-0.39, 0.29) is 30.2 Å². The molecular formula is C23H31F4N3O4S. The molecule has 1 N–H and O–H groups in total. The second-order valence-electron chi connectivity index (χ2n) is 9.83. The quantitative estimate of drug-likeness (QED) is 0.552. The monoisotopic (exact) mass is 521 g/mol. The van der Waals surface area contributed by atoms with Gasteiger partial charge in [0.1, 0.15) is 11.6 Å². The second-order valence-corrected chi connectivity index (χ2v) is 11.6. The Bertz CT molecular complexity index is 1030. The van der Waals surface area contributed by atoms with Crippen LogP contribution < -0.4 is 9.46 Å². The van der Waals surface area contributed by atoms with E-state index in [0.717, 1.165) is 51.1 Å². The van der Waals surface area contributed by atoms with Crippen LogP contribution in [-0.2, 0) is 10.0 Å². The first-order valence-corrected chi connectivity index (χ1v) is 13.8. The summed E-state index contributed by atoms with van der Waals surface area (Å²) in [5.74, 6) is -2.32. The molecule has 2 saturated heterocycles. The number of benzene rings is 1. The predicted molar refractivity (Wildman–Crippen MR) is 121 cm³/mol. The number of carbonyl (C=O) groups is 1. The van der Waals surface area contributed by atoms with E-state index in [1.807, 2.05) is 5.01 Å². The molecule has 2 aliphatic heterocycles. The van der Waals surface area contributed by atoms with Crippen LogP contribution in [0, 0.1) is 17.7 Å². The van der Waals surface area contributed by atoms with E-state index in [4.69, 9.17) is 4.74 Å². The molecule has 0 bridgehead atoms. The van der Waals surface area contributed by atoms with Crippen molar-refractivity contribution in [3.63, 3.8) is 0 Å². The first kappa shape index (κ1) is 26.2. The Morgan fingerprint density at radius 3 is 2.11 bits per heavy atom. The number of hydrazine groups is 1. The van der Waals surface area contributed by atoms with Gasteiger partial charge in [0.05, 0.1) is 24.3 Å². The molecule has 0 atom stereocenters. The maximum Gasteiger partial charge on any atom is 0.391 e. The van der Waals surface area contributed by atoms with Crippen molar-refractivity contribution in [1.29, 1.82) is 0 Å². The van der Waals surface area contributed by atoms with E-state index in [1.54, 1.807) is 4.72 Å². The molecule has 3 fully saturated rings. The van der Waals surface area contributed by atoms with E-state index in [1.165, 1.54) is 6.07 Å². The van der Waals surface area contributed by atoms with Gasteiger partial charge in [0, 0.05) is 32.2 Å². The average molecular weight is 522 g/mol. The summed E-state index contributed by atoms with van der Waals surface area (Å²) in [5.41, 5.74) is 0.377. The lowest BCUT2D eigenvalue weighted by Gasteiger charge is -2.43. The molecule has 0 spiro atoms. The number of piperidine rings is 2. The van der Waals surface area contributed by atoms with Crippen LogP contribution in [0.1, 0.15) is 60.4 Å². The first-order chi connectivity index (χ1) is 16.4. The largest absolute Gasteiger partial charge is 0.493 e. The highest BCUT2D eigenvalue weighted by atomic mass is 32.2. The van der Waals surface area contributed by atoms with Gasteiger partial charge in [-0.1, -0.05) is 0 Å². The lowest BCUT2D eigenvalue weighted by molar-refractivity contribution is -0.195. The van der Waals surface area contributed by atoms with Gasteiger partial charge in [0.2, 0.25) is 10.0 Å². The fraction of sp³-hybridized carbons (Fsp3) is 0.696. The van der Waals surface area contributed by atoms with Crippen LogP contribution in [0.5, 0.6) is 5.75 Å². The third-order valence-electron chi connectivity index (χ3n) is 7.04. The first-order valence-electron chi connectivity index (χ1n) is 12.0. The number of halogens is 4. The van der Waals surface area contributed by atoms with Gasteiger partial charge in [-0.25, -0.2) is 27.5 Å². The molecule has 1 saturated carbocycles. The summed E-state index contributed by atoms with van der Waals surface area (Å²) >= 11 is 0. The van der Waals surface area contributed by atoms with Crippen molar-refractivity contribution >= 4 is 15.9 Å². The number of sulfonamides is 1. The molecule has 1 aromatic rings. The van der Waals surface area contributed by atoms with Crippen LogP contribution in [-0.4, -0.2) is 69.6 Å². The predicted octanol–water partition coefficient (Wildman–Crippen LogP) is 3.67. The summed E-state index contributed by atoms with van der Waals surface area (Å²) in [7, 11) is -3.82. The molecule has 7 nitrogen and oxygen atoms in total. The molecule has 1 aliphatic carbocycles. The highest BCUT2D eigenvalue weighted by molar-refractivity contribution is 7.89. The fourth-order valence-corrected chi connectivity index (χ4v) is 5.31. The number of hydrogen-bond donors (Lipinski definition) is 1. The topological polar surface area (TPSA) is 78.9 Å². The minimum atomic E-state index is -4.12. The zero-order chi connectivity index (χ0) is 25.4. The Morgan fingerprint density at radius 1 is 1.03 bits per heavy atom. The van der Waals surface area contributed by atoms with Gasteiger partial charge < -0.3 is 4.74 Å². The lowest BCUT2D eigenvalue weighted by atomic mass is 9.96. The smallest absolute Gasteiger partial charge is 0.391 e. The summed E-state index contributed by atoms with van der Waals surface area (Å²) < 4.78 is 83.8. The molecule has 0 aromatic heterocycles. The van der Waals surface area contributed by atoms with E-state index in [2.05, 4.69) is 5.01 Å². The van der Waals surface area contributed by atoms with Crippen molar-refractivity contribution in [3.8, 4) is 5.75 Å². The Hall–Kier alpha value is -1.92. The van der Waals surface area contributed by atoms with Crippen molar-refractivity contribution in [2.24, 2.45) is 11.8 Å². The number of hydrogen-bond acceptors (Lipinski definition) is 6. The molecule has 12 heteroatoms. The minimum absolute atomic E-state index is 0.125. The Morgan fingerprint density at radius 2 is 1.60 bits per heavy atom. The maximum absolute atomic E-state index is 14.6. The fourth-order valence-electron chi connectivity index (χ4n) is 4.86. The normalized spacial score (nSPS) is 21.7. The van der Waals surface area contributed by atoms with E-state index >= 15 is 0 Å². The van der Waals surface area contributed by atoms with Crippen LogP contribution >= 0.6 is 0 Å². The summed E-state index contributed by atoms with van der Waals surface area (Å²) in [6, 6.07) is 2.54. The number of nitrogens with zero attached hydrogens (tertiary/aromatic N) is 2. The molecule has 1 aromatic carbocycles. The van der Waals surface area contributed by atoms with E-state index in [9.17, 15) is 30.8 Å². The molecule has 4 rings (SSSR count). The number of nitrogens with one attached hydrogen (secondary N) is 1. The minimum Gasteiger partial charge on any atom is -0.493 e. The number of alkyl halides is 3. The number of ether oxygens (including phenoxy) is 1. The van der Waals surface area contributed by atoms with Gasteiger partial charge in [0.25, 0.3) is 5.91 Å². The summed E-state index contributed by atoms with van der Waals surface area (Å²) in [6.45, 7) is 2.67.